The molecule has 182 valence electrons. The number of hydrogen-bond donors (Lipinski definition) is 3. The van der Waals surface area contributed by atoms with Crippen LogP contribution in [0.1, 0.15) is 41.0 Å². The van der Waals surface area contributed by atoms with Crippen molar-refractivity contribution >= 4 is 41.5 Å². The van der Waals surface area contributed by atoms with Crippen LogP contribution in [0.15, 0.2) is 29.3 Å². The van der Waals surface area contributed by atoms with Crippen LogP contribution in [-0.2, 0) is 9.53 Å². The minimum Gasteiger partial charge on any atom is -0.491 e. The molecule has 8 nitrogen and oxygen atoms in total. The number of carbonyl (C=O) groups excluding carboxylic acids is 1. The molecule has 1 fully saturated rings. The minimum atomic E-state index is -0.280. The van der Waals surface area contributed by atoms with Crippen LogP contribution in [0.2, 0.25) is 0 Å². The molecule has 2 rings (SSSR count). The number of nitrogens with zero attached hydrogens (tertiary/aromatic N) is 2. The average Bonchev–Trinajstić information content (AvgIpc) is 2.69. The lowest BCUT2D eigenvalue weighted by atomic mass is 10.1. The number of anilines is 1. The van der Waals surface area contributed by atoms with E-state index in [1.807, 2.05) is 58.9 Å². The van der Waals surface area contributed by atoms with E-state index in [0.717, 1.165) is 57.3 Å². The summed E-state index contributed by atoms with van der Waals surface area (Å²) in [6, 6.07) is 7.73. The number of benzene rings is 1. The largest absolute Gasteiger partial charge is 0.491 e. The van der Waals surface area contributed by atoms with Crippen molar-refractivity contribution in [3.8, 4) is 5.75 Å². The highest BCUT2D eigenvalue weighted by Crippen LogP contribution is 2.16. The van der Waals surface area contributed by atoms with Crippen molar-refractivity contribution in [2.24, 2.45) is 4.99 Å². The molecule has 0 saturated carbocycles. The SMILES string of the molecule is CC(C)Oc1ccc(NC(=NCC(=O)NC(C)(C)C)NCCCN2CCOCC2)cc1.I. The molecule has 0 aromatic heterocycles. The zero-order chi connectivity index (χ0) is 22.7. The molecular formula is C23H40IN5O3. The Morgan fingerprint density at radius 1 is 1.19 bits per heavy atom. The fraction of sp³-hybridized carbons (Fsp3) is 0.652. The number of nitrogens with one attached hydrogen (secondary N) is 3. The molecule has 0 unspecified atom stereocenters. The number of carbonyl (C=O) groups is 1. The van der Waals surface area contributed by atoms with Crippen LogP contribution in [0, 0.1) is 0 Å². The summed E-state index contributed by atoms with van der Waals surface area (Å²) in [7, 11) is 0. The molecule has 1 amide bonds. The highest BCUT2D eigenvalue weighted by molar-refractivity contribution is 14.0. The van der Waals surface area contributed by atoms with Gasteiger partial charge in [0.25, 0.3) is 0 Å². The van der Waals surface area contributed by atoms with Gasteiger partial charge in [0.15, 0.2) is 5.96 Å². The van der Waals surface area contributed by atoms with Crippen molar-refractivity contribution in [3.05, 3.63) is 24.3 Å². The Bertz CT molecular complexity index is 699. The molecule has 0 aliphatic carbocycles. The lowest BCUT2D eigenvalue weighted by Gasteiger charge is -2.26. The van der Waals surface area contributed by atoms with Crippen LogP contribution < -0.4 is 20.7 Å². The lowest BCUT2D eigenvalue weighted by Crippen LogP contribution is -2.42. The number of ether oxygens (including phenoxy) is 2. The van der Waals surface area contributed by atoms with Gasteiger partial charge in [-0.2, -0.15) is 0 Å². The first-order valence-corrected chi connectivity index (χ1v) is 11.1. The molecule has 1 aliphatic rings. The Kier molecular flexibility index (Phi) is 12.9. The number of guanidine groups is 1. The molecule has 0 radical (unpaired) electrons. The van der Waals surface area contributed by atoms with Gasteiger partial charge in [0.1, 0.15) is 12.3 Å². The van der Waals surface area contributed by atoms with Gasteiger partial charge in [-0.3, -0.25) is 9.69 Å². The van der Waals surface area contributed by atoms with Crippen molar-refractivity contribution in [2.45, 2.75) is 52.7 Å². The van der Waals surface area contributed by atoms with Crippen LogP contribution in [0.25, 0.3) is 0 Å². The first kappa shape index (κ1) is 28.4. The molecule has 0 bridgehead atoms. The fourth-order valence-corrected chi connectivity index (χ4v) is 3.11. The average molecular weight is 562 g/mol. The normalized spacial score (nSPS) is 15.1. The Morgan fingerprint density at radius 3 is 2.44 bits per heavy atom. The second-order valence-corrected chi connectivity index (χ2v) is 9.01. The summed E-state index contributed by atoms with van der Waals surface area (Å²) in [5.74, 6) is 1.30. The van der Waals surface area contributed by atoms with Gasteiger partial charge >= 0.3 is 0 Å². The van der Waals surface area contributed by atoms with Crippen molar-refractivity contribution in [2.75, 3.05) is 51.3 Å². The van der Waals surface area contributed by atoms with Crippen LogP contribution in [0.3, 0.4) is 0 Å². The van der Waals surface area contributed by atoms with Crippen molar-refractivity contribution in [1.29, 1.82) is 0 Å². The van der Waals surface area contributed by atoms with E-state index in [1.54, 1.807) is 0 Å². The Labute approximate surface area is 209 Å². The van der Waals surface area contributed by atoms with Crippen molar-refractivity contribution in [1.82, 2.24) is 15.5 Å². The molecule has 0 atom stereocenters. The van der Waals surface area contributed by atoms with E-state index in [-0.39, 0.29) is 48.1 Å². The molecule has 9 heteroatoms. The second-order valence-electron chi connectivity index (χ2n) is 9.01. The topological polar surface area (TPSA) is 87.2 Å². The van der Waals surface area contributed by atoms with E-state index < -0.39 is 0 Å². The molecule has 32 heavy (non-hydrogen) atoms. The summed E-state index contributed by atoms with van der Waals surface area (Å²) in [5.41, 5.74) is 0.602. The van der Waals surface area contributed by atoms with Gasteiger partial charge in [0, 0.05) is 30.9 Å². The third-order valence-electron chi connectivity index (χ3n) is 4.43. The predicted molar refractivity (Wildman–Crippen MR) is 141 cm³/mol. The molecule has 1 heterocycles. The van der Waals surface area contributed by atoms with Gasteiger partial charge in [-0.1, -0.05) is 0 Å². The summed E-state index contributed by atoms with van der Waals surface area (Å²) in [6.07, 6.45) is 1.11. The van der Waals surface area contributed by atoms with Crippen LogP contribution in [-0.4, -0.2) is 74.3 Å². The molecule has 1 saturated heterocycles. The maximum Gasteiger partial charge on any atom is 0.242 e. The van der Waals surface area contributed by atoms with Gasteiger partial charge in [0.2, 0.25) is 5.91 Å². The molecule has 1 aromatic carbocycles. The predicted octanol–water partition coefficient (Wildman–Crippen LogP) is 3.09. The maximum absolute atomic E-state index is 12.2. The van der Waals surface area contributed by atoms with Crippen LogP contribution in [0.4, 0.5) is 5.69 Å². The second kappa shape index (κ2) is 14.5. The van der Waals surface area contributed by atoms with Crippen LogP contribution >= 0.6 is 24.0 Å². The summed E-state index contributed by atoms with van der Waals surface area (Å²) >= 11 is 0. The molecule has 1 aromatic rings. The smallest absolute Gasteiger partial charge is 0.242 e. The third kappa shape index (κ3) is 12.4. The molecule has 0 spiro atoms. The Balaban J connectivity index is 0.00000512. The van der Waals surface area contributed by atoms with E-state index in [2.05, 4.69) is 25.8 Å². The van der Waals surface area contributed by atoms with Gasteiger partial charge in [0.05, 0.1) is 19.3 Å². The number of rotatable bonds is 9. The van der Waals surface area contributed by atoms with Crippen molar-refractivity contribution in [3.63, 3.8) is 0 Å². The summed E-state index contributed by atoms with van der Waals surface area (Å²) in [4.78, 5) is 19.1. The molecule has 1 aliphatic heterocycles. The third-order valence-corrected chi connectivity index (χ3v) is 4.43. The van der Waals surface area contributed by atoms with Gasteiger partial charge in [-0.25, -0.2) is 4.99 Å². The Morgan fingerprint density at radius 2 is 1.84 bits per heavy atom. The standard InChI is InChI=1S/C23H39N5O3.HI/c1-18(2)31-20-9-7-19(8-10-20)26-22(25-17-21(29)27-23(3,4)5)24-11-6-12-28-13-15-30-16-14-28;/h7-10,18H,6,11-17H2,1-5H3,(H,27,29)(H2,24,25,26);1H. The van der Waals surface area contributed by atoms with E-state index >= 15 is 0 Å². The Hall–Kier alpha value is -1.59. The first-order chi connectivity index (χ1) is 14.7. The monoisotopic (exact) mass is 561 g/mol. The fourth-order valence-electron chi connectivity index (χ4n) is 3.11. The number of amides is 1. The number of morpholine rings is 1. The highest BCUT2D eigenvalue weighted by Gasteiger charge is 2.14. The number of aliphatic imine (C=N–C) groups is 1. The molecule has 3 N–H and O–H groups in total. The number of halogens is 1. The van der Waals surface area contributed by atoms with Gasteiger partial charge in [-0.05, 0) is 71.8 Å². The number of hydrogen-bond acceptors (Lipinski definition) is 5. The van der Waals surface area contributed by atoms with E-state index in [4.69, 9.17) is 9.47 Å². The maximum atomic E-state index is 12.2. The summed E-state index contributed by atoms with van der Waals surface area (Å²) in [5, 5.41) is 9.57. The summed E-state index contributed by atoms with van der Waals surface area (Å²) in [6.45, 7) is 15.3. The zero-order valence-electron chi connectivity index (χ0n) is 20.1. The van der Waals surface area contributed by atoms with Crippen molar-refractivity contribution < 1.29 is 14.3 Å². The summed E-state index contributed by atoms with van der Waals surface area (Å²) < 4.78 is 11.1. The zero-order valence-corrected chi connectivity index (χ0v) is 22.4. The van der Waals surface area contributed by atoms with Gasteiger partial charge < -0.3 is 25.4 Å². The minimum absolute atomic E-state index is 0. The van der Waals surface area contributed by atoms with Gasteiger partial charge in [-0.15, -0.1) is 24.0 Å². The lowest BCUT2D eigenvalue weighted by molar-refractivity contribution is -0.121. The van der Waals surface area contributed by atoms with E-state index in [9.17, 15) is 4.79 Å². The van der Waals surface area contributed by atoms with E-state index in [0.29, 0.717) is 5.96 Å². The van der Waals surface area contributed by atoms with E-state index in [1.165, 1.54) is 0 Å². The van der Waals surface area contributed by atoms with Crippen LogP contribution in [0.5, 0.6) is 5.75 Å². The highest BCUT2D eigenvalue weighted by atomic mass is 127. The molecular weight excluding hydrogens is 521 g/mol. The quantitative estimate of drug-likeness (QED) is 0.186. The first-order valence-electron chi connectivity index (χ1n) is 11.1.